The molecule has 96 valence electrons. The summed E-state index contributed by atoms with van der Waals surface area (Å²) < 4.78 is 26.5. The monoisotopic (exact) mass is 459 g/mol. The number of sulfone groups is 1. The SMILES string of the molecule is O=S(=O)(CC(O)C1CCC[N]1[Tl])c1ccccc1. The van der Waals surface area contributed by atoms with E-state index in [4.69, 9.17) is 0 Å². The van der Waals surface area contributed by atoms with Crippen molar-refractivity contribution in [2.24, 2.45) is 0 Å². The Morgan fingerprint density at radius 2 is 2.06 bits per heavy atom. The fourth-order valence-corrected chi connectivity index (χ4v) is 5.79. The molecule has 1 saturated heterocycles. The second-order valence-electron chi connectivity index (χ2n) is 4.61. The summed E-state index contributed by atoms with van der Waals surface area (Å²) in [7, 11) is -3.38. The number of hydrogen-bond donors (Lipinski definition) is 1. The molecule has 0 amide bonds. The van der Waals surface area contributed by atoms with E-state index in [9.17, 15) is 13.5 Å². The van der Waals surface area contributed by atoms with E-state index in [0.717, 1.165) is 19.4 Å². The summed E-state index contributed by atoms with van der Waals surface area (Å²) in [6.07, 6.45) is 1.19. The van der Waals surface area contributed by atoms with Crippen LogP contribution in [0.1, 0.15) is 12.8 Å². The third kappa shape index (κ3) is 3.31. The molecular weight excluding hydrogens is 443 g/mol. The van der Waals surface area contributed by atoms with Gasteiger partial charge < -0.3 is 0 Å². The van der Waals surface area contributed by atoms with Crippen LogP contribution in [0.5, 0.6) is 0 Å². The Kier molecular flexibility index (Phi) is 4.79. The molecule has 1 aliphatic rings. The fraction of sp³-hybridized carbons (Fsp3) is 0.500. The van der Waals surface area contributed by atoms with Gasteiger partial charge in [-0.25, -0.2) is 0 Å². The molecule has 1 aromatic carbocycles. The van der Waals surface area contributed by atoms with Gasteiger partial charge in [-0.15, -0.1) is 0 Å². The molecule has 0 radical (unpaired) electrons. The summed E-state index contributed by atoms with van der Waals surface area (Å²) in [4.78, 5) is 0.296. The number of aliphatic hydroxyl groups excluding tert-OH is 1. The Hall–Kier alpha value is 0.0121. The quantitative estimate of drug-likeness (QED) is 0.663. The van der Waals surface area contributed by atoms with Crippen LogP contribution in [0.3, 0.4) is 0 Å². The second kappa shape index (κ2) is 5.98. The molecule has 1 fully saturated rings. The van der Waals surface area contributed by atoms with Crippen molar-refractivity contribution in [2.75, 3.05) is 12.3 Å². The van der Waals surface area contributed by atoms with Crippen molar-refractivity contribution >= 4 is 35.9 Å². The van der Waals surface area contributed by atoms with E-state index in [1.807, 2.05) is 0 Å². The number of benzene rings is 1. The molecule has 2 rings (SSSR count). The summed E-state index contributed by atoms with van der Waals surface area (Å²) in [6, 6.07) is 8.39. The van der Waals surface area contributed by atoms with Crippen molar-refractivity contribution in [3.63, 3.8) is 0 Å². The molecule has 0 aromatic heterocycles. The Bertz CT molecular complexity index is 491. The van der Waals surface area contributed by atoms with Crippen LogP contribution in [0.2, 0.25) is 0 Å². The zero-order valence-corrected chi connectivity index (χ0v) is 15.4. The number of nitrogens with zero attached hydrogens (tertiary/aromatic N) is 1. The molecule has 0 aliphatic carbocycles. The van der Waals surface area contributed by atoms with Gasteiger partial charge >= 0.3 is 125 Å². The first-order valence-electron chi connectivity index (χ1n) is 5.98. The first-order chi connectivity index (χ1) is 8.50. The Labute approximate surface area is 124 Å². The van der Waals surface area contributed by atoms with Gasteiger partial charge in [0.15, 0.2) is 0 Å². The van der Waals surface area contributed by atoms with Gasteiger partial charge in [0.1, 0.15) is 0 Å². The van der Waals surface area contributed by atoms with Gasteiger partial charge in [0.05, 0.1) is 0 Å². The first-order valence-corrected chi connectivity index (χ1v) is 9.64. The fourth-order valence-electron chi connectivity index (χ4n) is 2.29. The normalized spacial score (nSPS) is 23.0. The molecule has 2 unspecified atom stereocenters. The van der Waals surface area contributed by atoms with Crippen LogP contribution in [0.25, 0.3) is 0 Å². The van der Waals surface area contributed by atoms with Crippen molar-refractivity contribution in [1.29, 1.82) is 0 Å². The summed E-state index contributed by atoms with van der Waals surface area (Å²) in [6.45, 7) is 0.998. The van der Waals surface area contributed by atoms with Crippen molar-refractivity contribution in [3.8, 4) is 0 Å². The Morgan fingerprint density at radius 1 is 1.39 bits per heavy atom. The number of rotatable bonds is 4. The van der Waals surface area contributed by atoms with Crippen LogP contribution in [0.4, 0.5) is 0 Å². The second-order valence-corrected chi connectivity index (χ2v) is 9.22. The first kappa shape index (κ1) is 14.4. The average molecular weight is 459 g/mol. The van der Waals surface area contributed by atoms with E-state index < -0.39 is 15.9 Å². The maximum atomic E-state index is 12.1. The van der Waals surface area contributed by atoms with Gasteiger partial charge in [0.2, 0.25) is 0 Å². The number of hydrogen-bond acceptors (Lipinski definition) is 4. The molecule has 2 atom stereocenters. The van der Waals surface area contributed by atoms with E-state index in [0.29, 0.717) is 31.0 Å². The van der Waals surface area contributed by atoms with Crippen LogP contribution in [-0.2, 0) is 9.84 Å². The molecule has 1 N–H and O–H groups in total. The summed E-state index contributed by atoms with van der Waals surface area (Å²) in [5.41, 5.74) is 0. The third-order valence-electron chi connectivity index (χ3n) is 3.28. The van der Waals surface area contributed by atoms with Crippen LogP contribution in [-0.4, -0.2) is 66.7 Å². The average Bonchev–Trinajstić information content (AvgIpc) is 2.76. The van der Waals surface area contributed by atoms with Crippen molar-refractivity contribution in [3.05, 3.63) is 30.3 Å². The maximum absolute atomic E-state index is 12.1. The van der Waals surface area contributed by atoms with Gasteiger partial charge in [-0.2, -0.15) is 0 Å². The van der Waals surface area contributed by atoms with E-state index in [-0.39, 0.29) is 11.8 Å². The van der Waals surface area contributed by atoms with E-state index in [1.165, 1.54) is 0 Å². The number of aliphatic hydroxyl groups is 1. The predicted octanol–water partition coefficient (Wildman–Crippen LogP) is 0.369. The van der Waals surface area contributed by atoms with Gasteiger partial charge in [0, 0.05) is 0 Å². The molecule has 1 aromatic rings. The van der Waals surface area contributed by atoms with Gasteiger partial charge in [-0.1, -0.05) is 0 Å². The topological polar surface area (TPSA) is 57.6 Å². The molecule has 0 spiro atoms. The van der Waals surface area contributed by atoms with Gasteiger partial charge in [-0.05, 0) is 0 Å². The zero-order valence-electron chi connectivity index (χ0n) is 10.1. The van der Waals surface area contributed by atoms with Gasteiger partial charge in [-0.3, -0.25) is 0 Å². The standard InChI is InChI=1S/C12H16NO3S.Tl/c14-12(11-7-4-8-13-11)9-17(15,16)10-5-2-1-3-6-10;/h1-3,5-6,11-12,14H,4,7-9H2;/q-1;+1. The van der Waals surface area contributed by atoms with Crippen molar-refractivity contribution < 1.29 is 13.5 Å². The molecule has 6 heteroatoms. The predicted molar refractivity (Wildman–Crippen MR) is 70.0 cm³/mol. The van der Waals surface area contributed by atoms with Gasteiger partial charge in [0.25, 0.3) is 0 Å². The summed E-state index contributed by atoms with van der Waals surface area (Å²) >= 11 is 0.663. The van der Waals surface area contributed by atoms with E-state index >= 15 is 0 Å². The molecule has 4 nitrogen and oxygen atoms in total. The van der Waals surface area contributed by atoms with Crippen LogP contribution in [0, 0.1) is 0 Å². The molecule has 1 aliphatic heterocycles. The minimum absolute atomic E-state index is 0.0356. The molecule has 0 bridgehead atoms. The van der Waals surface area contributed by atoms with Crippen molar-refractivity contribution in [2.45, 2.75) is 29.9 Å². The van der Waals surface area contributed by atoms with E-state index in [1.54, 1.807) is 30.3 Å². The molecule has 1 heterocycles. The molecular formula is C12H16NO3STl. The summed E-state index contributed by atoms with van der Waals surface area (Å²) in [5.74, 6) is -0.176. The zero-order chi connectivity index (χ0) is 13.2. The van der Waals surface area contributed by atoms with Crippen LogP contribution in [0.15, 0.2) is 35.2 Å². The molecule has 18 heavy (non-hydrogen) atoms. The Morgan fingerprint density at radius 3 is 2.61 bits per heavy atom. The van der Waals surface area contributed by atoms with Crippen LogP contribution < -0.4 is 0 Å². The summed E-state index contributed by atoms with van der Waals surface area (Å²) in [5, 5.41) is 10.1. The van der Waals surface area contributed by atoms with E-state index in [2.05, 4.69) is 2.71 Å². The van der Waals surface area contributed by atoms with Crippen LogP contribution >= 0.6 is 0 Å². The molecule has 0 saturated carbocycles. The minimum atomic E-state index is -3.38. The van der Waals surface area contributed by atoms with Crippen molar-refractivity contribution in [1.82, 2.24) is 2.71 Å². The Balaban J connectivity index is 2.09. The third-order valence-corrected chi connectivity index (χ3v) is 7.54.